The van der Waals surface area contributed by atoms with Gasteiger partial charge in [-0.3, -0.25) is 9.59 Å². The molecule has 1 saturated carbocycles. The van der Waals surface area contributed by atoms with Gasteiger partial charge in [0.15, 0.2) is 0 Å². The second-order valence-corrected chi connectivity index (χ2v) is 11.1. The molecule has 0 saturated heterocycles. The maximum Gasteiger partial charge on any atom is 0.244 e. The number of amides is 2. The summed E-state index contributed by atoms with van der Waals surface area (Å²) in [6, 6.07) is 14.8. The monoisotopic (exact) mass is 498 g/mol. The molecule has 2 aromatic rings. The van der Waals surface area contributed by atoms with Gasteiger partial charge in [-0.05, 0) is 77.6 Å². The van der Waals surface area contributed by atoms with E-state index in [1.165, 1.54) is 6.08 Å². The van der Waals surface area contributed by atoms with E-state index >= 15 is 0 Å². The van der Waals surface area contributed by atoms with Crippen molar-refractivity contribution in [2.24, 2.45) is 10.8 Å². The Morgan fingerprint density at radius 3 is 2.03 bits per heavy atom. The molecule has 2 atom stereocenters. The first kappa shape index (κ1) is 26.1. The summed E-state index contributed by atoms with van der Waals surface area (Å²) in [5.41, 5.74) is 1.67. The molecule has 0 aliphatic heterocycles. The average molecular weight is 499 g/mol. The number of rotatable bonds is 7. The summed E-state index contributed by atoms with van der Waals surface area (Å²) in [7, 11) is 0. The van der Waals surface area contributed by atoms with Gasteiger partial charge in [0.05, 0.1) is 0 Å². The molecule has 1 fully saturated rings. The van der Waals surface area contributed by atoms with E-state index in [4.69, 9.17) is 23.2 Å². The first-order valence-corrected chi connectivity index (χ1v) is 12.2. The second-order valence-electron chi connectivity index (χ2n) is 10.3. The maximum atomic E-state index is 12.6. The van der Waals surface area contributed by atoms with Gasteiger partial charge in [-0.2, -0.15) is 0 Å². The molecule has 180 valence electrons. The Labute approximate surface area is 212 Å². The molecular weight excluding hydrogens is 467 g/mol. The Bertz CT molecular complexity index is 1090. The van der Waals surface area contributed by atoms with Crippen LogP contribution in [0.25, 0.3) is 12.2 Å². The minimum Gasteiger partial charge on any atom is -0.352 e. The largest absolute Gasteiger partial charge is 0.352 e. The van der Waals surface area contributed by atoms with Gasteiger partial charge >= 0.3 is 0 Å². The lowest BCUT2D eigenvalue weighted by Gasteiger charge is -2.46. The van der Waals surface area contributed by atoms with Crippen LogP contribution in [0.2, 0.25) is 10.0 Å². The van der Waals surface area contributed by atoms with Gasteiger partial charge in [-0.1, -0.05) is 68.2 Å². The Morgan fingerprint density at radius 1 is 0.912 bits per heavy atom. The fourth-order valence-electron chi connectivity index (χ4n) is 5.04. The highest BCUT2D eigenvalue weighted by Crippen LogP contribution is 2.45. The number of hydrogen-bond donors (Lipinski definition) is 2. The second kappa shape index (κ2) is 11.2. The minimum atomic E-state index is -0.144. The van der Waals surface area contributed by atoms with Gasteiger partial charge in [0.2, 0.25) is 11.8 Å². The topological polar surface area (TPSA) is 58.2 Å². The Hall–Kier alpha value is -2.56. The number of hydrogen-bond acceptors (Lipinski definition) is 2. The number of halogens is 2. The quantitative estimate of drug-likeness (QED) is 0.425. The smallest absolute Gasteiger partial charge is 0.244 e. The lowest BCUT2D eigenvalue weighted by molar-refractivity contribution is -0.119. The van der Waals surface area contributed by atoms with Crippen LogP contribution in [0, 0.1) is 10.8 Å². The van der Waals surface area contributed by atoms with E-state index in [0.717, 1.165) is 30.4 Å². The fourth-order valence-corrected chi connectivity index (χ4v) is 5.44. The number of carbonyl (C=O) groups excluding carboxylic acids is 2. The standard InChI is InChI=1S/C28H32Cl2N2O2/c1-27(2)16-24(32-26(34)13-11-21-7-5-9-23(30)15-21)17-28(3,18-27)19-31-25(33)12-10-20-6-4-8-22(29)14-20/h4-15,24H,16-19H2,1-3H3,(H,31,33)(H,32,34)/b12-10+,13-11+. The highest BCUT2D eigenvalue weighted by Gasteiger charge is 2.41. The first-order chi connectivity index (χ1) is 16.0. The van der Waals surface area contributed by atoms with Gasteiger partial charge in [-0.25, -0.2) is 0 Å². The summed E-state index contributed by atoms with van der Waals surface area (Å²) < 4.78 is 0. The maximum absolute atomic E-state index is 12.6. The van der Waals surface area contributed by atoms with E-state index < -0.39 is 0 Å². The van der Waals surface area contributed by atoms with Crippen LogP contribution >= 0.6 is 23.2 Å². The molecule has 0 spiro atoms. The van der Waals surface area contributed by atoms with Crippen molar-refractivity contribution in [3.8, 4) is 0 Å². The summed E-state index contributed by atoms with van der Waals surface area (Å²) in [4.78, 5) is 25.0. The van der Waals surface area contributed by atoms with Gasteiger partial charge < -0.3 is 10.6 Å². The van der Waals surface area contributed by atoms with Crippen LogP contribution in [0.1, 0.15) is 51.2 Å². The lowest BCUT2D eigenvalue weighted by atomic mass is 9.62. The van der Waals surface area contributed by atoms with Crippen LogP contribution < -0.4 is 10.6 Å². The third-order valence-electron chi connectivity index (χ3n) is 6.03. The molecule has 2 N–H and O–H groups in total. The summed E-state index contributed by atoms with van der Waals surface area (Å²) in [6.07, 6.45) is 9.25. The van der Waals surface area contributed by atoms with Crippen molar-refractivity contribution in [3.05, 3.63) is 81.9 Å². The van der Waals surface area contributed by atoms with Crippen LogP contribution in [0.4, 0.5) is 0 Å². The predicted octanol–water partition coefficient (Wildman–Crippen LogP) is 6.54. The van der Waals surface area contributed by atoms with Crippen molar-refractivity contribution in [1.29, 1.82) is 0 Å². The van der Waals surface area contributed by atoms with Gasteiger partial charge in [0.1, 0.15) is 0 Å². The van der Waals surface area contributed by atoms with E-state index in [1.54, 1.807) is 30.4 Å². The van der Waals surface area contributed by atoms with Crippen molar-refractivity contribution < 1.29 is 9.59 Å². The molecule has 3 rings (SSSR count). The van der Waals surface area contributed by atoms with Crippen LogP contribution in [0.15, 0.2) is 60.7 Å². The van der Waals surface area contributed by atoms with E-state index in [0.29, 0.717) is 16.6 Å². The Morgan fingerprint density at radius 2 is 1.47 bits per heavy atom. The molecule has 34 heavy (non-hydrogen) atoms. The average Bonchev–Trinajstić information content (AvgIpc) is 2.74. The molecular formula is C28H32Cl2N2O2. The van der Waals surface area contributed by atoms with E-state index in [9.17, 15) is 9.59 Å². The van der Waals surface area contributed by atoms with Crippen molar-refractivity contribution in [2.75, 3.05) is 6.54 Å². The van der Waals surface area contributed by atoms with Crippen LogP contribution in [-0.4, -0.2) is 24.4 Å². The van der Waals surface area contributed by atoms with Gasteiger partial charge in [-0.15, -0.1) is 0 Å². The van der Waals surface area contributed by atoms with Crippen molar-refractivity contribution in [1.82, 2.24) is 10.6 Å². The van der Waals surface area contributed by atoms with E-state index in [2.05, 4.69) is 31.4 Å². The molecule has 0 aromatic heterocycles. The number of nitrogens with one attached hydrogen (secondary N) is 2. The molecule has 0 bridgehead atoms. The first-order valence-electron chi connectivity index (χ1n) is 11.5. The van der Waals surface area contributed by atoms with Gasteiger partial charge in [0, 0.05) is 34.8 Å². The zero-order valence-corrected chi connectivity index (χ0v) is 21.4. The SMILES string of the molecule is CC1(C)CC(NC(=O)/C=C/c2cccc(Cl)c2)CC(C)(CNC(=O)/C=C/c2cccc(Cl)c2)C1. The van der Waals surface area contributed by atoms with Crippen LogP contribution in [0.3, 0.4) is 0 Å². The van der Waals surface area contributed by atoms with Crippen molar-refractivity contribution in [2.45, 2.75) is 46.1 Å². The van der Waals surface area contributed by atoms with Crippen molar-refractivity contribution in [3.63, 3.8) is 0 Å². The summed E-state index contributed by atoms with van der Waals surface area (Å²) in [5.74, 6) is -0.270. The van der Waals surface area contributed by atoms with E-state index in [-0.39, 0.29) is 28.7 Å². The number of benzene rings is 2. The zero-order valence-electron chi connectivity index (χ0n) is 19.9. The highest BCUT2D eigenvalue weighted by atomic mass is 35.5. The Balaban J connectivity index is 1.57. The van der Waals surface area contributed by atoms with E-state index in [1.807, 2.05) is 36.4 Å². The summed E-state index contributed by atoms with van der Waals surface area (Å²) in [6.45, 7) is 7.15. The zero-order chi connectivity index (χ0) is 24.8. The lowest BCUT2D eigenvalue weighted by Crippen LogP contribution is -2.50. The minimum absolute atomic E-state index is 0.0316. The molecule has 0 radical (unpaired) electrons. The van der Waals surface area contributed by atoms with Gasteiger partial charge in [0.25, 0.3) is 0 Å². The van der Waals surface area contributed by atoms with Crippen LogP contribution in [-0.2, 0) is 9.59 Å². The predicted molar refractivity (Wildman–Crippen MR) is 142 cm³/mol. The molecule has 2 unspecified atom stereocenters. The molecule has 0 heterocycles. The molecule has 1 aliphatic rings. The summed E-state index contributed by atoms with van der Waals surface area (Å²) in [5, 5.41) is 7.47. The third-order valence-corrected chi connectivity index (χ3v) is 6.50. The molecule has 2 amide bonds. The van der Waals surface area contributed by atoms with Crippen LogP contribution in [0.5, 0.6) is 0 Å². The number of carbonyl (C=O) groups is 2. The molecule has 2 aromatic carbocycles. The third kappa shape index (κ3) is 8.34. The highest BCUT2D eigenvalue weighted by molar-refractivity contribution is 6.31. The molecule has 6 heteroatoms. The van der Waals surface area contributed by atoms with Crippen molar-refractivity contribution >= 4 is 47.2 Å². The summed E-state index contributed by atoms with van der Waals surface area (Å²) >= 11 is 12.0. The fraction of sp³-hybridized carbons (Fsp3) is 0.357. The molecule has 4 nitrogen and oxygen atoms in total. The molecule has 1 aliphatic carbocycles. The normalized spacial score (nSPS) is 22.1. The Kier molecular flexibility index (Phi) is 8.62.